The number of methoxy groups -OCH3 is 1. The Balaban J connectivity index is 2.31. The fourth-order valence-electron chi connectivity index (χ4n) is 2.74. The third-order valence-corrected chi connectivity index (χ3v) is 4.91. The largest absolute Gasteiger partial charge is 0.467 e. The Hall–Kier alpha value is -1.84. The van der Waals surface area contributed by atoms with Gasteiger partial charge in [-0.15, -0.1) is 0 Å². The molecular formula is C22H33IN2O5. The summed E-state index contributed by atoms with van der Waals surface area (Å²) in [4.78, 5) is 35.8. The van der Waals surface area contributed by atoms with Gasteiger partial charge in [0.25, 0.3) is 0 Å². The standard InChI is InChI=1S/C22H33IN2O5/c1-22(2,3)30-21(28)24-15-6-5-9-18(20(27)29-4)25-19(26)10-7-8-16-11-13-17(23)14-12-16/h11-14,18H,5-10,15H2,1-4H3,(H,24,28)(H,25,26)/t18-/m0/s1. The van der Waals surface area contributed by atoms with Crippen molar-refractivity contribution in [3.8, 4) is 0 Å². The molecule has 0 aliphatic rings. The van der Waals surface area contributed by atoms with Crippen molar-refractivity contribution >= 4 is 40.6 Å². The topological polar surface area (TPSA) is 93.7 Å². The Bertz CT molecular complexity index is 686. The quantitative estimate of drug-likeness (QED) is 0.256. The maximum Gasteiger partial charge on any atom is 0.407 e. The van der Waals surface area contributed by atoms with E-state index in [0.717, 1.165) is 6.42 Å². The van der Waals surface area contributed by atoms with Gasteiger partial charge >= 0.3 is 12.1 Å². The molecular weight excluding hydrogens is 499 g/mol. The van der Waals surface area contributed by atoms with Crippen LogP contribution < -0.4 is 10.6 Å². The van der Waals surface area contributed by atoms with Gasteiger partial charge in [-0.1, -0.05) is 12.1 Å². The number of hydrogen-bond donors (Lipinski definition) is 2. The highest BCUT2D eigenvalue weighted by molar-refractivity contribution is 14.1. The second-order valence-corrected chi connectivity index (χ2v) is 9.29. The molecule has 0 bridgehead atoms. The summed E-state index contributed by atoms with van der Waals surface area (Å²) >= 11 is 2.26. The fraction of sp³-hybridized carbons (Fsp3) is 0.591. The number of unbranched alkanes of at least 4 members (excludes halogenated alkanes) is 1. The number of alkyl carbamates (subject to hydrolysis) is 1. The molecule has 1 rings (SSSR count). The first-order valence-corrected chi connectivity index (χ1v) is 11.3. The predicted octanol–water partition coefficient (Wildman–Crippen LogP) is 3.97. The van der Waals surface area contributed by atoms with Crippen molar-refractivity contribution in [2.75, 3.05) is 13.7 Å². The van der Waals surface area contributed by atoms with Crippen LogP contribution in [0.1, 0.15) is 58.4 Å². The van der Waals surface area contributed by atoms with Crippen LogP contribution in [0.25, 0.3) is 0 Å². The van der Waals surface area contributed by atoms with Crippen molar-refractivity contribution in [2.24, 2.45) is 0 Å². The molecule has 2 N–H and O–H groups in total. The molecule has 7 nitrogen and oxygen atoms in total. The lowest BCUT2D eigenvalue weighted by atomic mass is 10.1. The molecule has 0 spiro atoms. The number of aryl methyl sites for hydroxylation is 1. The number of hydrogen-bond acceptors (Lipinski definition) is 5. The van der Waals surface area contributed by atoms with E-state index in [4.69, 9.17) is 9.47 Å². The van der Waals surface area contributed by atoms with Gasteiger partial charge in [0, 0.05) is 16.5 Å². The van der Waals surface area contributed by atoms with E-state index in [0.29, 0.717) is 38.6 Å². The van der Waals surface area contributed by atoms with Crippen molar-refractivity contribution < 1.29 is 23.9 Å². The maximum atomic E-state index is 12.2. The smallest absolute Gasteiger partial charge is 0.407 e. The number of halogens is 1. The number of carbonyl (C=O) groups excluding carboxylic acids is 3. The third-order valence-electron chi connectivity index (χ3n) is 4.19. The Morgan fingerprint density at radius 1 is 1.07 bits per heavy atom. The summed E-state index contributed by atoms with van der Waals surface area (Å²) in [5.74, 6) is -0.621. The molecule has 30 heavy (non-hydrogen) atoms. The number of ether oxygens (including phenoxy) is 2. The van der Waals surface area contributed by atoms with Crippen LogP contribution in [0, 0.1) is 3.57 Å². The summed E-state index contributed by atoms with van der Waals surface area (Å²) in [7, 11) is 1.31. The van der Waals surface area contributed by atoms with Crippen LogP contribution in [0.2, 0.25) is 0 Å². The number of amides is 2. The number of nitrogens with one attached hydrogen (secondary N) is 2. The average molecular weight is 532 g/mol. The van der Waals surface area contributed by atoms with Gasteiger partial charge in [-0.3, -0.25) is 4.79 Å². The van der Waals surface area contributed by atoms with E-state index < -0.39 is 23.7 Å². The Labute approximate surface area is 192 Å². The number of rotatable bonds is 11. The Morgan fingerprint density at radius 3 is 2.33 bits per heavy atom. The van der Waals surface area contributed by atoms with Crippen molar-refractivity contribution in [2.45, 2.75) is 70.9 Å². The lowest BCUT2D eigenvalue weighted by Gasteiger charge is -2.20. The summed E-state index contributed by atoms with van der Waals surface area (Å²) in [5, 5.41) is 5.45. The van der Waals surface area contributed by atoms with Gasteiger partial charge in [0.1, 0.15) is 11.6 Å². The minimum Gasteiger partial charge on any atom is -0.467 e. The molecule has 2 amide bonds. The summed E-state index contributed by atoms with van der Waals surface area (Å²) in [6.45, 7) is 5.84. The first-order valence-electron chi connectivity index (χ1n) is 10.2. The van der Waals surface area contributed by atoms with Crippen LogP contribution in [0.3, 0.4) is 0 Å². The SMILES string of the molecule is COC(=O)[C@H](CCCCNC(=O)OC(C)(C)C)NC(=O)CCCc1ccc(I)cc1. The lowest BCUT2D eigenvalue weighted by molar-refractivity contribution is -0.145. The van der Waals surface area contributed by atoms with Gasteiger partial charge in [-0.2, -0.15) is 0 Å². The number of benzene rings is 1. The van der Waals surface area contributed by atoms with E-state index >= 15 is 0 Å². The number of esters is 1. The second-order valence-electron chi connectivity index (χ2n) is 8.05. The van der Waals surface area contributed by atoms with Gasteiger partial charge < -0.3 is 20.1 Å². The molecule has 0 aliphatic carbocycles. The van der Waals surface area contributed by atoms with Gasteiger partial charge in [0.15, 0.2) is 0 Å². The zero-order valence-corrected chi connectivity index (χ0v) is 20.4. The third kappa shape index (κ3) is 12.0. The van der Waals surface area contributed by atoms with Crippen LogP contribution in [0.5, 0.6) is 0 Å². The molecule has 0 aliphatic heterocycles. The number of carbonyl (C=O) groups is 3. The molecule has 0 saturated carbocycles. The zero-order chi connectivity index (χ0) is 22.6. The van der Waals surface area contributed by atoms with Gasteiger partial charge in [0.2, 0.25) is 5.91 Å². The summed E-state index contributed by atoms with van der Waals surface area (Å²) in [6, 6.07) is 7.52. The van der Waals surface area contributed by atoms with E-state index in [1.54, 1.807) is 20.8 Å². The van der Waals surface area contributed by atoms with Crippen LogP contribution in [-0.2, 0) is 25.5 Å². The first kappa shape index (κ1) is 26.2. The molecule has 0 fully saturated rings. The molecule has 0 radical (unpaired) electrons. The minimum atomic E-state index is -0.678. The highest BCUT2D eigenvalue weighted by Crippen LogP contribution is 2.10. The van der Waals surface area contributed by atoms with Crippen LogP contribution in [0.15, 0.2) is 24.3 Å². The lowest BCUT2D eigenvalue weighted by Crippen LogP contribution is -2.41. The van der Waals surface area contributed by atoms with Crippen LogP contribution >= 0.6 is 22.6 Å². The average Bonchev–Trinajstić information content (AvgIpc) is 2.66. The van der Waals surface area contributed by atoms with Crippen molar-refractivity contribution in [1.29, 1.82) is 0 Å². The van der Waals surface area contributed by atoms with E-state index in [2.05, 4.69) is 45.4 Å². The molecule has 0 unspecified atom stereocenters. The van der Waals surface area contributed by atoms with Crippen LogP contribution in [0.4, 0.5) is 4.79 Å². The van der Waals surface area contributed by atoms with E-state index in [1.165, 1.54) is 16.2 Å². The van der Waals surface area contributed by atoms with Crippen molar-refractivity contribution in [3.05, 3.63) is 33.4 Å². The summed E-state index contributed by atoms with van der Waals surface area (Å²) in [6.07, 6.45) is 3.16. The summed E-state index contributed by atoms with van der Waals surface area (Å²) < 4.78 is 11.1. The maximum absolute atomic E-state index is 12.2. The molecule has 0 saturated heterocycles. The van der Waals surface area contributed by atoms with E-state index in [-0.39, 0.29) is 5.91 Å². The van der Waals surface area contributed by atoms with Crippen molar-refractivity contribution in [1.82, 2.24) is 10.6 Å². The Morgan fingerprint density at radius 2 is 1.73 bits per heavy atom. The highest BCUT2D eigenvalue weighted by atomic mass is 127. The molecule has 0 aromatic heterocycles. The van der Waals surface area contributed by atoms with Gasteiger partial charge in [-0.05, 0) is 93.2 Å². The fourth-order valence-corrected chi connectivity index (χ4v) is 3.10. The molecule has 0 heterocycles. The minimum absolute atomic E-state index is 0.164. The van der Waals surface area contributed by atoms with Crippen LogP contribution in [-0.4, -0.2) is 43.3 Å². The zero-order valence-electron chi connectivity index (χ0n) is 18.3. The normalized spacial score (nSPS) is 12.0. The summed E-state index contributed by atoms with van der Waals surface area (Å²) in [5.41, 5.74) is 0.647. The second kappa shape index (κ2) is 13.5. The van der Waals surface area contributed by atoms with E-state index in [1.807, 2.05) is 12.1 Å². The molecule has 168 valence electrons. The highest BCUT2D eigenvalue weighted by Gasteiger charge is 2.21. The Kier molecular flexibility index (Phi) is 11.8. The monoisotopic (exact) mass is 532 g/mol. The predicted molar refractivity (Wildman–Crippen MR) is 124 cm³/mol. The van der Waals surface area contributed by atoms with Crippen molar-refractivity contribution in [3.63, 3.8) is 0 Å². The van der Waals surface area contributed by atoms with E-state index in [9.17, 15) is 14.4 Å². The molecule has 1 aromatic rings. The molecule has 8 heteroatoms. The van der Waals surface area contributed by atoms with Gasteiger partial charge in [-0.25, -0.2) is 9.59 Å². The van der Waals surface area contributed by atoms with Gasteiger partial charge in [0.05, 0.1) is 7.11 Å². The molecule has 1 aromatic carbocycles. The first-order chi connectivity index (χ1) is 14.1. The molecule has 1 atom stereocenters.